The van der Waals surface area contributed by atoms with Crippen LogP contribution in [0, 0.1) is 5.82 Å². The van der Waals surface area contributed by atoms with Crippen LogP contribution in [-0.2, 0) is 13.0 Å². The Morgan fingerprint density at radius 3 is 2.73 bits per heavy atom. The first kappa shape index (κ1) is 15.1. The molecule has 0 atom stereocenters. The lowest BCUT2D eigenvalue weighted by atomic mass is 10.2. The van der Waals surface area contributed by atoms with Crippen LogP contribution in [0.25, 0.3) is 0 Å². The summed E-state index contributed by atoms with van der Waals surface area (Å²) in [5, 5.41) is 2.69. The fourth-order valence-electron chi connectivity index (χ4n) is 2.33. The summed E-state index contributed by atoms with van der Waals surface area (Å²) in [4.78, 5) is 18.9. The van der Waals surface area contributed by atoms with Crippen LogP contribution in [0.3, 0.4) is 0 Å². The summed E-state index contributed by atoms with van der Waals surface area (Å²) in [5.41, 5.74) is 6.94. The number of benzene rings is 1. The first-order valence-corrected chi connectivity index (χ1v) is 8.25. The SMILES string of the molecule is NCCc1nc(C(=O)N(Cc2ccc(F)cc2)C2CC2)cs1. The Balaban J connectivity index is 1.75. The van der Waals surface area contributed by atoms with Crippen LogP contribution in [-0.4, -0.2) is 28.4 Å². The highest BCUT2D eigenvalue weighted by Crippen LogP contribution is 2.30. The van der Waals surface area contributed by atoms with Crippen LogP contribution in [0.15, 0.2) is 29.6 Å². The van der Waals surface area contributed by atoms with E-state index in [2.05, 4.69) is 4.98 Å². The summed E-state index contributed by atoms with van der Waals surface area (Å²) in [5.74, 6) is -0.315. The van der Waals surface area contributed by atoms with Gasteiger partial charge >= 0.3 is 0 Å². The summed E-state index contributed by atoms with van der Waals surface area (Å²) in [6, 6.07) is 6.56. The number of carbonyl (C=O) groups excluding carboxylic acids is 1. The van der Waals surface area contributed by atoms with Crippen molar-refractivity contribution in [3.05, 3.63) is 51.7 Å². The lowest BCUT2D eigenvalue weighted by molar-refractivity contribution is 0.0724. The van der Waals surface area contributed by atoms with Crippen molar-refractivity contribution in [1.82, 2.24) is 9.88 Å². The first-order chi connectivity index (χ1) is 10.7. The summed E-state index contributed by atoms with van der Waals surface area (Å²) < 4.78 is 13.0. The molecule has 1 aliphatic carbocycles. The van der Waals surface area contributed by atoms with Gasteiger partial charge in [-0.2, -0.15) is 0 Å². The van der Waals surface area contributed by atoms with Gasteiger partial charge in [-0.3, -0.25) is 4.79 Å². The summed E-state index contributed by atoms with van der Waals surface area (Å²) in [6.45, 7) is 1.02. The third kappa shape index (κ3) is 3.51. The molecule has 0 spiro atoms. The van der Waals surface area contributed by atoms with Crippen molar-refractivity contribution in [3.63, 3.8) is 0 Å². The zero-order valence-electron chi connectivity index (χ0n) is 12.2. The molecule has 4 nitrogen and oxygen atoms in total. The fourth-order valence-corrected chi connectivity index (χ4v) is 3.12. The molecule has 2 N–H and O–H groups in total. The van der Waals surface area contributed by atoms with E-state index in [9.17, 15) is 9.18 Å². The molecule has 1 amide bonds. The number of carbonyl (C=O) groups is 1. The number of hydrogen-bond donors (Lipinski definition) is 1. The molecule has 1 saturated carbocycles. The average molecular weight is 319 g/mol. The van der Waals surface area contributed by atoms with Gasteiger partial charge < -0.3 is 10.6 Å². The van der Waals surface area contributed by atoms with Gasteiger partial charge in [-0.15, -0.1) is 11.3 Å². The van der Waals surface area contributed by atoms with Gasteiger partial charge in [0.15, 0.2) is 0 Å². The van der Waals surface area contributed by atoms with Gasteiger partial charge in [0.05, 0.1) is 5.01 Å². The predicted molar refractivity (Wildman–Crippen MR) is 84.2 cm³/mol. The maximum atomic E-state index is 13.0. The van der Waals surface area contributed by atoms with Gasteiger partial charge in [0, 0.05) is 24.4 Å². The third-order valence-electron chi connectivity index (χ3n) is 3.64. The Hall–Kier alpha value is -1.79. The van der Waals surface area contributed by atoms with E-state index in [1.165, 1.54) is 23.5 Å². The normalized spacial score (nSPS) is 14.1. The van der Waals surface area contributed by atoms with Crippen LogP contribution >= 0.6 is 11.3 Å². The number of thiazole rings is 1. The molecule has 0 unspecified atom stereocenters. The van der Waals surface area contributed by atoms with E-state index in [0.29, 0.717) is 25.2 Å². The minimum atomic E-state index is -0.265. The molecule has 1 fully saturated rings. The number of rotatable bonds is 6. The van der Waals surface area contributed by atoms with Crippen LogP contribution in [0.2, 0.25) is 0 Å². The monoisotopic (exact) mass is 319 g/mol. The zero-order valence-corrected chi connectivity index (χ0v) is 13.0. The molecular formula is C16H18FN3OS. The minimum Gasteiger partial charge on any atom is -0.330 e. The first-order valence-electron chi connectivity index (χ1n) is 7.37. The maximum absolute atomic E-state index is 13.0. The van der Waals surface area contributed by atoms with Gasteiger partial charge in [0.2, 0.25) is 0 Å². The average Bonchev–Trinajstić information content (AvgIpc) is 3.25. The molecule has 0 radical (unpaired) electrons. The number of nitrogens with zero attached hydrogens (tertiary/aromatic N) is 2. The number of halogens is 1. The molecule has 1 heterocycles. The van der Waals surface area contributed by atoms with E-state index >= 15 is 0 Å². The van der Waals surface area contributed by atoms with Crippen molar-refractivity contribution < 1.29 is 9.18 Å². The number of amides is 1. The molecule has 3 rings (SSSR count). The van der Waals surface area contributed by atoms with Crippen molar-refractivity contribution in [2.75, 3.05) is 6.54 Å². The number of hydrogen-bond acceptors (Lipinski definition) is 4. The standard InChI is InChI=1S/C16H18FN3OS/c17-12-3-1-11(2-4-12)9-20(13-5-6-13)16(21)14-10-22-15(19-14)7-8-18/h1-4,10,13H,5-9,18H2. The number of nitrogens with two attached hydrogens (primary N) is 1. The molecule has 1 aromatic heterocycles. The fraction of sp³-hybridized carbons (Fsp3) is 0.375. The molecule has 2 aromatic rings. The molecule has 116 valence electrons. The highest BCUT2D eigenvalue weighted by atomic mass is 32.1. The van der Waals surface area contributed by atoms with E-state index < -0.39 is 0 Å². The predicted octanol–water partition coefficient (Wildman–Crippen LogP) is 2.59. The quantitative estimate of drug-likeness (QED) is 0.890. The Bertz CT molecular complexity index is 652. The molecule has 0 saturated heterocycles. The Morgan fingerprint density at radius 2 is 2.09 bits per heavy atom. The van der Waals surface area contributed by atoms with Gasteiger partial charge in [-0.1, -0.05) is 12.1 Å². The molecule has 1 aliphatic rings. The Labute approximate surface area is 132 Å². The van der Waals surface area contributed by atoms with E-state index in [0.717, 1.165) is 23.4 Å². The molecule has 1 aromatic carbocycles. The maximum Gasteiger partial charge on any atom is 0.273 e. The van der Waals surface area contributed by atoms with E-state index in [-0.39, 0.29) is 17.8 Å². The second-order valence-corrected chi connectivity index (χ2v) is 6.40. The minimum absolute atomic E-state index is 0.0497. The molecule has 6 heteroatoms. The van der Waals surface area contributed by atoms with Crippen LogP contribution in [0.4, 0.5) is 4.39 Å². The van der Waals surface area contributed by atoms with Crippen LogP contribution in [0.5, 0.6) is 0 Å². The topological polar surface area (TPSA) is 59.2 Å². The smallest absolute Gasteiger partial charge is 0.273 e. The van der Waals surface area contributed by atoms with Crippen LogP contribution < -0.4 is 5.73 Å². The molecule has 22 heavy (non-hydrogen) atoms. The Morgan fingerprint density at radius 1 is 1.36 bits per heavy atom. The summed E-state index contributed by atoms with van der Waals surface area (Å²) >= 11 is 1.47. The van der Waals surface area contributed by atoms with Crippen molar-refractivity contribution >= 4 is 17.2 Å². The van der Waals surface area contributed by atoms with E-state index in [1.54, 1.807) is 17.5 Å². The molecule has 0 bridgehead atoms. The highest BCUT2D eigenvalue weighted by Gasteiger charge is 2.33. The third-order valence-corrected chi connectivity index (χ3v) is 4.55. The van der Waals surface area contributed by atoms with Crippen LogP contribution in [0.1, 0.15) is 33.9 Å². The van der Waals surface area contributed by atoms with E-state index in [1.807, 2.05) is 4.90 Å². The lowest BCUT2D eigenvalue weighted by Gasteiger charge is -2.21. The molecular weight excluding hydrogens is 301 g/mol. The number of aromatic nitrogens is 1. The second-order valence-electron chi connectivity index (χ2n) is 5.46. The summed E-state index contributed by atoms with van der Waals surface area (Å²) in [7, 11) is 0. The molecule has 0 aliphatic heterocycles. The second kappa shape index (κ2) is 6.54. The van der Waals surface area contributed by atoms with Gasteiger partial charge in [0.25, 0.3) is 5.91 Å². The largest absolute Gasteiger partial charge is 0.330 e. The van der Waals surface area contributed by atoms with E-state index in [4.69, 9.17) is 5.73 Å². The van der Waals surface area contributed by atoms with Crippen molar-refractivity contribution in [2.45, 2.75) is 31.8 Å². The summed E-state index contributed by atoms with van der Waals surface area (Å²) in [6.07, 6.45) is 2.73. The Kier molecular flexibility index (Phi) is 4.49. The highest BCUT2D eigenvalue weighted by molar-refractivity contribution is 7.09. The lowest BCUT2D eigenvalue weighted by Crippen LogP contribution is -2.32. The van der Waals surface area contributed by atoms with Crippen molar-refractivity contribution in [1.29, 1.82) is 0 Å². The van der Waals surface area contributed by atoms with Gasteiger partial charge in [-0.05, 0) is 37.1 Å². The zero-order chi connectivity index (χ0) is 15.5. The van der Waals surface area contributed by atoms with Crippen molar-refractivity contribution in [2.24, 2.45) is 5.73 Å². The van der Waals surface area contributed by atoms with Gasteiger partial charge in [0.1, 0.15) is 11.5 Å². The van der Waals surface area contributed by atoms with Crippen molar-refractivity contribution in [3.8, 4) is 0 Å². The van der Waals surface area contributed by atoms with Gasteiger partial charge in [-0.25, -0.2) is 9.37 Å².